The summed E-state index contributed by atoms with van der Waals surface area (Å²) < 4.78 is 41.5. The Balaban J connectivity index is 1.67. The maximum Gasteiger partial charge on any atom is 0.405 e. The van der Waals surface area contributed by atoms with E-state index in [0.717, 1.165) is 0 Å². The lowest BCUT2D eigenvalue weighted by molar-refractivity contribution is -0.183. The minimum Gasteiger partial charge on any atom is -0.350 e. The lowest BCUT2D eigenvalue weighted by Crippen LogP contribution is -2.57. The van der Waals surface area contributed by atoms with Crippen molar-refractivity contribution in [2.45, 2.75) is 12.2 Å². The van der Waals surface area contributed by atoms with Crippen LogP contribution in [0.4, 0.5) is 13.2 Å². The van der Waals surface area contributed by atoms with Crippen molar-refractivity contribution in [3.63, 3.8) is 0 Å². The van der Waals surface area contributed by atoms with Gasteiger partial charge < -0.3 is 10.6 Å². The molecule has 2 aromatic rings. The highest BCUT2D eigenvalue weighted by molar-refractivity contribution is 5.94. The predicted octanol–water partition coefficient (Wildman–Crippen LogP) is 0.228. The van der Waals surface area contributed by atoms with Crippen LogP contribution in [-0.4, -0.2) is 75.5 Å². The first-order valence-corrected chi connectivity index (χ1v) is 8.06. The first-order chi connectivity index (χ1) is 12.4. The van der Waals surface area contributed by atoms with Crippen LogP contribution in [0, 0.1) is 0 Å². The average molecular weight is 369 g/mol. The quantitative estimate of drug-likeness (QED) is 0.785. The maximum atomic E-state index is 13.4. The summed E-state index contributed by atoms with van der Waals surface area (Å²) >= 11 is 0. The Morgan fingerprint density at radius 3 is 2.77 bits per heavy atom. The normalized spacial score (nSPS) is 17.0. The Kier molecular flexibility index (Phi) is 5.47. The fourth-order valence-corrected chi connectivity index (χ4v) is 2.75. The third kappa shape index (κ3) is 4.35. The van der Waals surface area contributed by atoms with Crippen LogP contribution in [0.15, 0.2) is 31.0 Å². The first kappa shape index (κ1) is 18.3. The zero-order valence-electron chi connectivity index (χ0n) is 13.8. The van der Waals surface area contributed by atoms with Gasteiger partial charge in [0.1, 0.15) is 18.7 Å². The van der Waals surface area contributed by atoms with Crippen molar-refractivity contribution >= 4 is 5.91 Å². The van der Waals surface area contributed by atoms with E-state index >= 15 is 0 Å². The number of alkyl halides is 3. The molecular weight excluding hydrogens is 351 g/mol. The van der Waals surface area contributed by atoms with Gasteiger partial charge in [-0.2, -0.15) is 18.3 Å². The molecule has 11 heteroatoms. The van der Waals surface area contributed by atoms with E-state index in [1.165, 1.54) is 40.6 Å². The van der Waals surface area contributed by atoms with Gasteiger partial charge in [-0.05, 0) is 12.1 Å². The van der Waals surface area contributed by atoms with Gasteiger partial charge in [-0.15, -0.1) is 0 Å². The minimum atomic E-state index is -4.42. The number of amides is 1. The number of pyridine rings is 1. The fourth-order valence-electron chi connectivity index (χ4n) is 2.75. The maximum absolute atomic E-state index is 13.4. The second kappa shape index (κ2) is 7.79. The molecule has 1 fully saturated rings. The van der Waals surface area contributed by atoms with E-state index in [-0.39, 0.29) is 18.7 Å². The molecule has 1 aliphatic heterocycles. The van der Waals surface area contributed by atoms with Crippen LogP contribution < -0.4 is 10.6 Å². The molecule has 0 spiro atoms. The minimum absolute atomic E-state index is 0.201. The summed E-state index contributed by atoms with van der Waals surface area (Å²) in [5.41, 5.74) is 0.201. The number of nitrogens with one attached hydrogen (secondary N) is 2. The van der Waals surface area contributed by atoms with Crippen LogP contribution in [0.5, 0.6) is 0 Å². The van der Waals surface area contributed by atoms with Gasteiger partial charge in [0.05, 0.1) is 0 Å². The molecule has 1 aliphatic rings. The average Bonchev–Trinajstić information content (AvgIpc) is 3.16. The molecule has 1 atom stereocenters. The molecule has 2 aromatic heterocycles. The number of hydrogen-bond acceptors (Lipinski definition) is 6. The summed E-state index contributed by atoms with van der Waals surface area (Å²) in [5, 5.41) is 9.30. The highest BCUT2D eigenvalue weighted by Crippen LogP contribution is 2.24. The van der Waals surface area contributed by atoms with Gasteiger partial charge in [0, 0.05) is 44.5 Å². The Morgan fingerprint density at radius 2 is 2.12 bits per heavy atom. The van der Waals surface area contributed by atoms with Crippen LogP contribution >= 0.6 is 0 Å². The number of rotatable bonds is 5. The predicted molar refractivity (Wildman–Crippen MR) is 85.8 cm³/mol. The summed E-state index contributed by atoms with van der Waals surface area (Å²) in [6.07, 6.45) is -0.303. The molecule has 1 amide bonds. The highest BCUT2D eigenvalue weighted by Gasteiger charge is 2.43. The molecular formula is C15H18F3N7O. The molecule has 8 nitrogen and oxygen atoms in total. The molecule has 0 aliphatic carbocycles. The Bertz CT molecular complexity index is 729. The molecule has 140 valence electrons. The molecule has 3 heterocycles. The second-order valence-corrected chi connectivity index (χ2v) is 5.80. The van der Waals surface area contributed by atoms with Gasteiger partial charge in [0.25, 0.3) is 5.91 Å². The van der Waals surface area contributed by atoms with Gasteiger partial charge in [-0.1, -0.05) is 0 Å². The zero-order chi connectivity index (χ0) is 18.6. The summed E-state index contributed by atoms with van der Waals surface area (Å²) in [6.45, 7) is 1.04. The van der Waals surface area contributed by atoms with Crippen LogP contribution in [0.3, 0.4) is 0 Å². The van der Waals surface area contributed by atoms with Crippen LogP contribution in [-0.2, 0) is 0 Å². The third-order valence-corrected chi connectivity index (χ3v) is 4.09. The third-order valence-electron chi connectivity index (χ3n) is 4.09. The number of halogens is 3. The molecule has 0 saturated carbocycles. The van der Waals surface area contributed by atoms with Gasteiger partial charge in [0.2, 0.25) is 0 Å². The van der Waals surface area contributed by atoms with E-state index in [1.807, 2.05) is 0 Å². The van der Waals surface area contributed by atoms with E-state index in [4.69, 9.17) is 0 Å². The lowest BCUT2D eigenvalue weighted by atomic mass is 10.2. The summed E-state index contributed by atoms with van der Waals surface area (Å²) in [6, 6.07) is 1.16. The highest BCUT2D eigenvalue weighted by atomic mass is 19.4. The topological polar surface area (TPSA) is 88.0 Å². The lowest BCUT2D eigenvalue weighted by Gasteiger charge is -2.35. The molecule has 0 aromatic carbocycles. The van der Waals surface area contributed by atoms with E-state index in [2.05, 4.69) is 25.7 Å². The van der Waals surface area contributed by atoms with E-state index < -0.39 is 24.7 Å². The Hall–Kier alpha value is -2.53. The van der Waals surface area contributed by atoms with E-state index in [9.17, 15) is 18.0 Å². The van der Waals surface area contributed by atoms with Gasteiger partial charge in [-0.25, -0.2) is 14.6 Å². The van der Waals surface area contributed by atoms with E-state index in [1.54, 1.807) is 0 Å². The van der Waals surface area contributed by atoms with Crippen LogP contribution in [0.2, 0.25) is 0 Å². The SMILES string of the molecule is O=C(NCC(N1CCNCC1)C(F)(F)F)c1ccnc(-n2cncn2)c1. The molecule has 3 rings (SSSR count). The number of carbonyl (C=O) groups excluding carboxylic acids is 1. The van der Waals surface area contributed by atoms with Gasteiger partial charge in [0.15, 0.2) is 5.82 Å². The number of nitrogens with zero attached hydrogens (tertiary/aromatic N) is 5. The van der Waals surface area contributed by atoms with Crippen LogP contribution in [0.1, 0.15) is 10.4 Å². The molecule has 1 unspecified atom stereocenters. The van der Waals surface area contributed by atoms with Crippen molar-refractivity contribution in [2.75, 3.05) is 32.7 Å². The Labute approximate surface area is 147 Å². The van der Waals surface area contributed by atoms with Crippen molar-refractivity contribution in [1.29, 1.82) is 0 Å². The van der Waals surface area contributed by atoms with Crippen molar-refractivity contribution in [1.82, 2.24) is 35.3 Å². The summed E-state index contributed by atoms with van der Waals surface area (Å²) in [4.78, 5) is 21.5. The standard InChI is InChI=1S/C15H18F3N7O/c16-15(17,18)12(24-5-3-19-4-6-24)8-22-14(26)11-1-2-21-13(7-11)25-10-20-9-23-25/h1-2,7,9-10,12,19H,3-6,8H2,(H,22,26). The number of aromatic nitrogens is 4. The summed E-state index contributed by atoms with van der Waals surface area (Å²) in [7, 11) is 0. The van der Waals surface area contributed by atoms with Gasteiger partial charge >= 0.3 is 6.18 Å². The number of hydrogen-bond donors (Lipinski definition) is 2. The largest absolute Gasteiger partial charge is 0.405 e. The smallest absolute Gasteiger partial charge is 0.350 e. The monoisotopic (exact) mass is 369 g/mol. The molecule has 0 radical (unpaired) electrons. The Morgan fingerprint density at radius 1 is 1.35 bits per heavy atom. The number of carbonyl (C=O) groups is 1. The fraction of sp³-hybridized carbons (Fsp3) is 0.467. The molecule has 2 N–H and O–H groups in total. The van der Waals surface area contributed by atoms with Crippen LogP contribution in [0.25, 0.3) is 5.82 Å². The van der Waals surface area contributed by atoms with Crippen molar-refractivity contribution < 1.29 is 18.0 Å². The first-order valence-electron chi connectivity index (χ1n) is 8.06. The van der Waals surface area contributed by atoms with Gasteiger partial charge in [-0.3, -0.25) is 9.69 Å². The zero-order valence-corrected chi connectivity index (χ0v) is 13.8. The molecule has 1 saturated heterocycles. The summed E-state index contributed by atoms with van der Waals surface area (Å²) in [5.74, 6) is -0.247. The second-order valence-electron chi connectivity index (χ2n) is 5.80. The number of piperazine rings is 1. The van der Waals surface area contributed by atoms with Crippen molar-refractivity contribution in [2.24, 2.45) is 0 Å². The van der Waals surface area contributed by atoms with Crippen molar-refractivity contribution in [3.8, 4) is 5.82 Å². The molecule has 26 heavy (non-hydrogen) atoms. The molecule has 0 bridgehead atoms. The van der Waals surface area contributed by atoms with E-state index in [0.29, 0.717) is 18.9 Å². The van der Waals surface area contributed by atoms with Crippen molar-refractivity contribution in [3.05, 3.63) is 36.5 Å².